The van der Waals surface area contributed by atoms with Gasteiger partial charge in [-0.1, -0.05) is 36.3 Å². The van der Waals surface area contributed by atoms with Crippen LogP contribution in [0.2, 0.25) is 0 Å². The lowest BCUT2D eigenvalue weighted by atomic mass is 10.1. The van der Waals surface area contributed by atoms with E-state index in [1.807, 2.05) is 24.3 Å². The average molecular weight is 405 g/mol. The first-order valence-corrected chi connectivity index (χ1v) is 9.33. The Balaban J connectivity index is 1.61. The maximum atomic E-state index is 12.6. The van der Waals surface area contributed by atoms with Gasteiger partial charge in [0.05, 0.1) is 5.39 Å². The van der Waals surface area contributed by atoms with Crippen LogP contribution >= 0.6 is 0 Å². The third-order valence-electron chi connectivity index (χ3n) is 4.94. The van der Waals surface area contributed by atoms with Gasteiger partial charge in [-0.3, -0.25) is 24.0 Å². The van der Waals surface area contributed by atoms with E-state index in [4.69, 9.17) is 4.52 Å². The molecule has 1 N–H and O–H groups in total. The Hall–Kier alpha value is -4.01. The number of fused-ring (bicyclic) bond motifs is 1. The highest BCUT2D eigenvalue weighted by Gasteiger charge is 2.16. The molecule has 0 atom stereocenters. The van der Waals surface area contributed by atoms with Crippen molar-refractivity contribution in [1.29, 1.82) is 0 Å². The molecular formula is C21H19N5O4. The van der Waals surface area contributed by atoms with E-state index in [2.05, 4.69) is 22.4 Å². The van der Waals surface area contributed by atoms with Gasteiger partial charge in [0.15, 0.2) is 0 Å². The molecular weight excluding hydrogens is 386 g/mol. The number of aryl methyl sites for hydroxylation is 2. The first-order chi connectivity index (χ1) is 14.4. The zero-order valence-corrected chi connectivity index (χ0v) is 16.7. The smallest absolute Gasteiger partial charge is 0.332 e. The minimum atomic E-state index is -0.547. The fourth-order valence-corrected chi connectivity index (χ4v) is 3.14. The van der Waals surface area contributed by atoms with Gasteiger partial charge in [-0.25, -0.2) is 9.78 Å². The van der Waals surface area contributed by atoms with Gasteiger partial charge in [-0.2, -0.15) is 0 Å². The summed E-state index contributed by atoms with van der Waals surface area (Å²) in [6, 6.07) is 12.4. The number of nitrogens with one attached hydrogen (secondary N) is 1. The standard InChI is InChI=1S/C21H19N5O4/c1-4-12-5-7-13(8-6-12)16-11-17(30-24-16)23-19(27)15-10-9-14-18(22-15)25(2)21(29)26(3)20(14)28/h5-11H,4H2,1-3H3,(H,23,27). The Morgan fingerprint density at radius 3 is 2.50 bits per heavy atom. The molecule has 0 bridgehead atoms. The van der Waals surface area contributed by atoms with E-state index in [1.165, 1.54) is 36.4 Å². The first kappa shape index (κ1) is 19.3. The molecule has 1 amide bonds. The van der Waals surface area contributed by atoms with Crippen LogP contribution < -0.4 is 16.6 Å². The Bertz CT molecular complexity index is 1380. The number of hydrogen-bond acceptors (Lipinski definition) is 6. The van der Waals surface area contributed by atoms with Crippen LogP contribution in [0, 0.1) is 0 Å². The van der Waals surface area contributed by atoms with Crippen molar-refractivity contribution in [3.8, 4) is 11.3 Å². The van der Waals surface area contributed by atoms with Gasteiger partial charge in [0.25, 0.3) is 11.5 Å². The lowest BCUT2D eigenvalue weighted by Gasteiger charge is -2.07. The van der Waals surface area contributed by atoms with Crippen molar-refractivity contribution in [2.75, 3.05) is 5.32 Å². The Kier molecular flexibility index (Phi) is 4.78. The lowest BCUT2D eigenvalue weighted by molar-refractivity contribution is 0.101. The molecule has 30 heavy (non-hydrogen) atoms. The normalized spacial score (nSPS) is 11.0. The largest absolute Gasteiger partial charge is 0.338 e. The molecule has 0 saturated heterocycles. The Labute approximate surface area is 170 Å². The molecule has 4 rings (SSSR count). The van der Waals surface area contributed by atoms with Crippen molar-refractivity contribution in [1.82, 2.24) is 19.3 Å². The van der Waals surface area contributed by atoms with Crippen LogP contribution in [0.25, 0.3) is 22.3 Å². The number of benzene rings is 1. The second-order valence-electron chi connectivity index (χ2n) is 6.85. The average Bonchev–Trinajstić information content (AvgIpc) is 3.24. The van der Waals surface area contributed by atoms with E-state index in [-0.39, 0.29) is 22.6 Å². The summed E-state index contributed by atoms with van der Waals surface area (Å²) in [4.78, 5) is 41.1. The molecule has 0 aliphatic rings. The van der Waals surface area contributed by atoms with Crippen LogP contribution in [0.1, 0.15) is 23.0 Å². The van der Waals surface area contributed by atoms with Crippen LogP contribution in [-0.4, -0.2) is 25.2 Å². The van der Waals surface area contributed by atoms with Crippen molar-refractivity contribution in [2.45, 2.75) is 13.3 Å². The highest BCUT2D eigenvalue weighted by molar-refractivity contribution is 6.03. The minimum absolute atomic E-state index is 0.0380. The number of pyridine rings is 1. The molecule has 0 saturated carbocycles. The highest BCUT2D eigenvalue weighted by atomic mass is 16.5. The van der Waals surface area contributed by atoms with Gasteiger partial charge >= 0.3 is 5.69 Å². The molecule has 0 unspecified atom stereocenters. The summed E-state index contributed by atoms with van der Waals surface area (Å²) >= 11 is 0. The number of carbonyl (C=O) groups is 1. The zero-order chi connectivity index (χ0) is 21.4. The molecule has 1 aromatic carbocycles. The van der Waals surface area contributed by atoms with E-state index in [0.29, 0.717) is 5.69 Å². The third kappa shape index (κ3) is 3.30. The number of carbonyl (C=O) groups excluding carboxylic acids is 1. The van der Waals surface area contributed by atoms with Crippen LogP contribution in [0.15, 0.2) is 56.6 Å². The predicted molar refractivity (Wildman–Crippen MR) is 111 cm³/mol. The van der Waals surface area contributed by atoms with Gasteiger partial charge in [-0.05, 0) is 24.1 Å². The van der Waals surface area contributed by atoms with E-state index in [1.54, 1.807) is 6.07 Å². The number of hydrogen-bond donors (Lipinski definition) is 1. The summed E-state index contributed by atoms with van der Waals surface area (Å²) in [5.74, 6) is -0.386. The van der Waals surface area contributed by atoms with E-state index in [0.717, 1.165) is 16.6 Å². The zero-order valence-electron chi connectivity index (χ0n) is 16.7. The Morgan fingerprint density at radius 2 is 1.80 bits per heavy atom. The van der Waals surface area contributed by atoms with Crippen molar-refractivity contribution in [3.63, 3.8) is 0 Å². The predicted octanol–water partition coefficient (Wildman–Crippen LogP) is 2.10. The van der Waals surface area contributed by atoms with Gasteiger partial charge in [0.2, 0.25) is 5.88 Å². The van der Waals surface area contributed by atoms with Gasteiger partial charge in [0.1, 0.15) is 17.0 Å². The summed E-state index contributed by atoms with van der Waals surface area (Å²) in [6.07, 6.45) is 0.941. The van der Waals surface area contributed by atoms with Crippen LogP contribution in [0.5, 0.6) is 0 Å². The number of anilines is 1. The molecule has 9 nitrogen and oxygen atoms in total. The topological polar surface area (TPSA) is 112 Å². The molecule has 0 fully saturated rings. The number of amides is 1. The number of rotatable bonds is 4. The molecule has 4 aromatic rings. The molecule has 0 aliphatic carbocycles. The second-order valence-corrected chi connectivity index (χ2v) is 6.85. The Morgan fingerprint density at radius 1 is 1.07 bits per heavy atom. The second kappa shape index (κ2) is 7.43. The van der Waals surface area contributed by atoms with Crippen LogP contribution in [0.3, 0.4) is 0 Å². The first-order valence-electron chi connectivity index (χ1n) is 9.33. The summed E-state index contributed by atoms with van der Waals surface area (Å²) in [5, 5.41) is 6.82. The lowest BCUT2D eigenvalue weighted by Crippen LogP contribution is -2.37. The summed E-state index contributed by atoms with van der Waals surface area (Å²) in [5.41, 5.74) is 1.84. The van der Waals surface area contributed by atoms with Crippen LogP contribution in [-0.2, 0) is 20.5 Å². The van der Waals surface area contributed by atoms with E-state index in [9.17, 15) is 14.4 Å². The summed E-state index contributed by atoms with van der Waals surface area (Å²) in [6.45, 7) is 2.08. The van der Waals surface area contributed by atoms with Crippen molar-refractivity contribution < 1.29 is 9.32 Å². The molecule has 0 spiro atoms. The van der Waals surface area contributed by atoms with Gasteiger partial charge in [0, 0.05) is 25.7 Å². The molecule has 3 heterocycles. The maximum absolute atomic E-state index is 12.6. The van der Waals surface area contributed by atoms with E-state index >= 15 is 0 Å². The highest BCUT2D eigenvalue weighted by Crippen LogP contribution is 2.22. The third-order valence-corrected chi connectivity index (χ3v) is 4.94. The molecule has 152 valence electrons. The number of aromatic nitrogens is 4. The van der Waals surface area contributed by atoms with Gasteiger partial charge in [-0.15, -0.1) is 0 Å². The molecule has 9 heteroatoms. The van der Waals surface area contributed by atoms with Gasteiger partial charge < -0.3 is 4.52 Å². The minimum Gasteiger partial charge on any atom is -0.338 e. The maximum Gasteiger partial charge on any atom is 0.332 e. The summed E-state index contributed by atoms with van der Waals surface area (Å²) < 4.78 is 7.43. The van der Waals surface area contributed by atoms with Crippen LogP contribution in [0.4, 0.5) is 5.88 Å². The van der Waals surface area contributed by atoms with Crippen molar-refractivity contribution >= 4 is 22.8 Å². The summed E-state index contributed by atoms with van der Waals surface area (Å²) in [7, 11) is 2.88. The fourth-order valence-electron chi connectivity index (χ4n) is 3.14. The van der Waals surface area contributed by atoms with E-state index < -0.39 is 17.2 Å². The van der Waals surface area contributed by atoms with Crippen molar-refractivity contribution in [3.05, 3.63) is 74.6 Å². The number of nitrogens with zero attached hydrogens (tertiary/aromatic N) is 4. The SMILES string of the molecule is CCc1ccc(-c2cc(NC(=O)c3ccc4c(=O)n(C)c(=O)n(C)c4n3)on2)cc1. The quantitative estimate of drug-likeness (QED) is 0.556. The molecule has 3 aromatic heterocycles. The monoisotopic (exact) mass is 405 g/mol. The molecule has 0 aliphatic heterocycles. The fraction of sp³-hybridized carbons (Fsp3) is 0.190. The molecule has 0 radical (unpaired) electrons. The van der Waals surface area contributed by atoms with Crippen molar-refractivity contribution in [2.24, 2.45) is 14.1 Å².